The van der Waals surface area contributed by atoms with Crippen LogP contribution < -0.4 is 15.4 Å². The van der Waals surface area contributed by atoms with Crippen molar-refractivity contribution < 1.29 is 4.74 Å². The van der Waals surface area contributed by atoms with E-state index in [2.05, 4.69) is 33.9 Å². The number of nitrogens with zero attached hydrogens (tertiary/aromatic N) is 3. The van der Waals surface area contributed by atoms with Gasteiger partial charge in [-0.05, 0) is 37.0 Å². The number of nitrogens with two attached hydrogens (primary N) is 1. The number of aromatic nitrogens is 2. The number of nitrogen functional groups attached to an aromatic ring is 1. The molecule has 2 N–H and O–H groups in total. The summed E-state index contributed by atoms with van der Waals surface area (Å²) in [5, 5.41) is 0. The van der Waals surface area contributed by atoms with Crippen molar-refractivity contribution in [1.29, 1.82) is 0 Å². The van der Waals surface area contributed by atoms with Gasteiger partial charge in [-0.3, -0.25) is 0 Å². The molecular formula is C18H24N4O. The van der Waals surface area contributed by atoms with Gasteiger partial charge in [0.05, 0.1) is 0 Å². The maximum Gasteiger partial charge on any atom is 0.248 e. The minimum atomic E-state index is 0.434. The number of benzene rings is 1. The lowest BCUT2D eigenvalue weighted by Crippen LogP contribution is -2.26. The lowest BCUT2D eigenvalue weighted by molar-refractivity contribution is 0.464. The summed E-state index contributed by atoms with van der Waals surface area (Å²) >= 11 is 0. The minimum absolute atomic E-state index is 0.434. The van der Waals surface area contributed by atoms with Crippen molar-refractivity contribution >= 4 is 11.5 Å². The maximum atomic E-state index is 6.28. The Labute approximate surface area is 137 Å². The molecule has 0 aliphatic carbocycles. The fraction of sp³-hybridized carbons (Fsp3) is 0.444. The second kappa shape index (κ2) is 7.31. The third-order valence-corrected chi connectivity index (χ3v) is 4.28. The molecule has 0 unspecified atom stereocenters. The zero-order valence-electron chi connectivity index (χ0n) is 13.7. The van der Waals surface area contributed by atoms with Crippen molar-refractivity contribution in [3.05, 3.63) is 36.2 Å². The molecule has 1 aliphatic heterocycles. The van der Waals surface area contributed by atoms with Gasteiger partial charge in [0, 0.05) is 13.1 Å². The van der Waals surface area contributed by atoms with Gasteiger partial charge in [-0.25, -0.2) is 4.98 Å². The largest absolute Gasteiger partial charge is 0.437 e. The Hall–Kier alpha value is -2.30. The number of rotatable bonds is 4. The monoisotopic (exact) mass is 312 g/mol. The summed E-state index contributed by atoms with van der Waals surface area (Å²) in [4.78, 5) is 10.8. The molecule has 0 saturated carbocycles. The summed E-state index contributed by atoms with van der Waals surface area (Å²) in [5.74, 6) is 1.97. The van der Waals surface area contributed by atoms with Gasteiger partial charge in [0.1, 0.15) is 17.8 Å². The molecule has 5 nitrogen and oxygen atoms in total. The van der Waals surface area contributed by atoms with Gasteiger partial charge >= 0.3 is 0 Å². The lowest BCUT2D eigenvalue weighted by atomic mass is 10.2. The molecular weight excluding hydrogens is 288 g/mol. The molecule has 3 rings (SSSR count). The standard InChI is InChI=1S/C18H24N4O/c1-2-14-7-9-15(10-8-14)23-18-16(19)17(20-13-21-18)22-11-5-3-4-6-12-22/h7-10,13H,2-6,11-12,19H2,1H3. The van der Waals surface area contributed by atoms with E-state index in [0.717, 1.165) is 31.1 Å². The first kappa shape index (κ1) is 15.6. The third-order valence-electron chi connectivity index (χ3n) is 4.28. The van der Waals surface area contributed by atoms with Crippen LogP contribution in [0.4, 0.5) is 11.5 Å². The van der Waals surface area contributed by atoms with Gasteiger partial charge in [-0.15, -0.1) is 0 Å². The summed E-state index contributed by atoms with van der Waals surface area (Å²) in [5.41, 5.74) is 8.08. The highest BCUT2D eigenvalue weighted by Crippen LogP contribution is 2.32. The molecule has 0 radical (unpaired) electrons. The molecule has 1 saturated heterocycles. The van der Waals surface area contributed by atoms with E-state index in [1.807, 2.05) is 12.1 Å². The molecule has 23 heavy (non-hydrogen) atoms. The van der Waals surface area contributed by atoms with Gasteiger partial charge in [-0.2, -0.15) is 4.98 Å². The zero-order valence-corrected chi connectivity index (χ0v) is 13.7. The van der Waals surface area contributed by atoms with E-state index in [0.29, 0.717) is 11.6 Å². The van der Waals surface area contributed by atoms with Crippen molar-refractivity contribution in [3.8, 4) is 11.6 Å². The van der Waals surface area contributed by atoms with Crippen LogP contribution >= 0.6 is 0 Å². The Balaban J connectivity index is 1.80. The SMILES string of the molecule is CCc1ccc(Oc2ncnc(N3CCCCCC3)c2N)cc1. The molecule has 5 heteroatoms. The van der Waals surface area contributed by atoms with Crippen molar-refractivity contribution in [1.82, 2.24) is 9.97 Å². The number of anilines is 2. The molecule has 2 aromatic rings. The van der Waals surface area contributed by atoms with E-state index in [1.54, 1.807) is 0 Å². The average Bonchev–Trinajstić information content (AvgIpc) is 2.87. The average molecular weight is 312 g/mol. The molecule has 2 heterocycles. The third kappa shape index (κ3) is 3.73. The van der Waals surface area contributed by atoms with Crippen molar-refractivity contribution in [3.63, 3.8) is 0 Å². The van der Waals surface area contributed by atoms with Gasteiger partial charge in [-0.1, -0.05) is 31.9 Å². The fourth-order valence-electron chi connectivity index (χ4n) is 2.89. The Bertz CT molecular complexity index is 634. The van der Waals surface area contributed by atoms with E-state index < -0.39 is 0 Å². The first-order valence-corrected chi connectivity index (χ1v) is 8.40. The van der Waals surface area contributed by atoms with E-state index in [4.69, 9.17) is 10.5 Å². The number of aryl methyl sites for hydroxylation is 1. The molecule has 1 aromatic heterocycles. The predicted octanol–water partition coefficient (Wildman–Crippen LogP) is 3.79. The Kier molecular flexibility index (Phi) is 4.95. The number of ether oxygens (including phenoxy) is 1. The van der Waals surface area contributed by atoms with E-state index >= 15 is 0 Å². The van der Waals surface area contributed by atoms with Gasteiger partial charge in [0.2, 0.25) is 5.88 Å². The van der Waals surface area contributed by atoms with Crippen LogP contribution in [0.25, 0.3) is 0 Å². The van der Waals surface area contributed by atoms with E-state index in [-0.39, 0.29) is 0 Å². The van der Waals surface area contributed by atoms with Gasteiger partial charge in [0.25, 0.3) is 0 Å². The van der Waals surface area contributed by atoms with Crippen LogP contribution in [0.15, 0.2) is 30.6 Å². The Morgan fingerprint density at radius 2 is 1.74 bits per heavy atom. The smallest absolute Gasteiger partial charge is 0.248 e. The predicted molar refractivity (Wildman–Crippen MR) is 93.0 cm³/mol. The first-order chi connectivity index (χ1) is 11.3. The quantitative estimate of drug-likeness (QED) is 0.930. The van der Waals surface area contributed by atoms with Crippen LogP contribution in [0.5, 0.6) is 11.6 Å². The molecule has 1 aliphatic rings. The van der Waals surface area contributed by atoms with E-state index in [1.165, 1.54) is 37.6 Å². The summed E-state index contributed by atoms with van der Waals surface area (Å²) in [6, 6.07) is 8.02. The fourth-order valence-corrected chi connectivity index (χ4v) is 2.89. The van der Waals surface area contributed by atoms with Crippen LogP contribution in [0.2, 0.25) is 0 Å². The molecule has 0 bridgehead atoms. The second-order valence-electron chi connectivity index (χ2n) is 5.92. The van der Waals surface area contributed by atoms with Crippen LogP contribution in [0.3, 0.4) is 0 Å². The lowest BCUT2D eigenvalue weighted by Gasteiger charge is -2.23. The van der Waals surface area contributed by atoms with Crippen LogP contribution in [0, 0.1) is 0 Å². The van der Waals surface area contributed by atoms with Crippen LogP contribution in [0.1, 0.15) is 38.2 Å². The summed E-state index contributed by atoms with van der Waals surface area (Å²) in [6.07, 6.45) is 7.45. The first-order valence-electron chi connectivity index (χ1n) is 8.40. The summed E-state index contributed by atoms with van der Waals surface area (Å²) < 4.78 is 5.87. The molecule has 0 amide bonds. The highest BCUT2D eigenvalue weighted by Gasteiger charge is 2.17. The molecule has 0 atom stereocenters. The summed E-state index contributed by atoms with van der Waals surface area (Å²) in [6.45, 7) is 4.11. The molecule has 0 spiro atoms. The number of hydrogen-bond donors (Lipinski definition) is 1. The van der Waals surface area contributed by atoms with E-state index in [9.17, 15) is 0 Å². The van der Waals surface area contributed by atoms with Crippen molar-refractivity contribution in [2.24, 2.45) is 0 Å². The van der Waals surface area contributed by atoms with Crippen LogP contribution in [-0.2, 0) is 6.42 Å². The van der Waals surface area contributed by atoms with Gasteiger partial charge in [0.15, 0.2) is 5.82 Å². The Morgan fingerprint density at radius 1 is 1.04 bits per heavy atom. The van der Waals surface area contributed by atoms with Gasteiger partial charge < -0.3 is 15.4 Å². The van der Waals surface area contributed by atoms with Crippen LogP contribution in [-0.4, -0.2) is 23.1 Å². The van der Waals surface area contributed by atoms with Crippen molar-refractivity contribution in [2.75, 3.05) is 23.7 Å². The minimum Gasteiger partial charge on any atom is -0.437 e. The molecule has 122 valence electrons. The second-order valence-corrected chi connectivity index (χ2v) is 5.92. The summed E-state index contributed by atoms with van der Waals surface area (Å²) in [7, 11) is 0. The highest BCUT2D eigenvalue weighted by molar-refractivity contribution is 5.68. The molecule has 1 aromatic carbocycles. The highest BCUT2D eigenvalue weighted by atomic mass is 16.5. The molecule has 1 fully saturated rings. The maximum absolute atomic E-state index is 6.28. The van der Waals surface area contributed by atoms with Crippen molar-refractivity contribution in [2.45, 2.75) is 39.0 Å². The normalized spacial score (nSPS) is 15.3. The topological polar surface area (TPSA) is 64.3 Å². The number of hydrogen-bond acceptors (Lipinski definition) is 5. The zero-order chi connectivity index (χ0) is 16.1. The Morgan fingerprint density at radius 3 is 2.39 bits per heavy atom.